The Morgan fingerprint density at radius 1 is 1.00 bits per heavy atom. The number of carbonyl (C=O) groups excluding carboxylic acids is 1. The van der Waals surface area contributed by atoms with Gasteiger partial charge >= 0.3 is 11.9 Å². The van der Waals surface area contributed by atoms with Crippen molar-refractivity contribution < 1.29 is 32.9 Å². The molecule has 0 aliphatic rings. The highest BCUT2D eigenvalue weighted by Crippen LogP contribution is 2.47. The lowest BCUT2D eigenvalue weighted by molar-refractivity contribution is -0.140. The zero-order valence-electron chi connectivity index (χ0n) is 15.3. The molecule has 25 heavy (non-hydrogen) atoms. The van der Waals surface area contributed by atoms with E-state index in [0.29, 0.717) is 35.4 Å². The lowest BCUT2D eigenvalue weighted by atomic mass is 10.0. The van der Waals surface area contributed by atoms with Gasteiger partial charge in [-0.2, -0.15) is 0 Å². The number of rotatable bonds is 7. The highest BCUT2D eigenvalue weighted by Gasteiger charge is 2.29. The summed E-state index contributed by atoms with van der Waals surface area (Å²) >= 11 is 0. The molecule has 0 radical (unpaired) electrons. The summed E-state index contributed by atoms with van der Waals surface area (Å²) in [4.78, 5) is 11.6. The third kappa shape index (κ3) is 3.40. The fraction of sp³-hybridized carbons (Fsp3) is 0.444. The highest BCUT2D eigenvalue weighted by molar-refractivity contribution is 5.97. The molecule has 0 amide bonds. The zero-order valence-corrected chi connectivity index (χ0v) is 15.3. The van der Waals surface area contributed by atoms with E-state index >= 15 is 0 Å². The molecule has 7 nitrogen and oxygen atoms in total. The predicted molar refractivity (Wildman–Crippen MR) is 91.9 cm³/mol. The second-order valence-corrected chi connectivity index (χ2v) is 5.27. The number of esters is 1. The first kappa shape index (κ1) is 18.6. The van der Waals surface area contributed by atoms with Gasteiger partial charge in [0.1, 0.15) is 5.56 Å². The van der Waals surface area contributed by atoms with E-state index in [1.165, 1.54) is 14.2 Å². The molecule has 0 atom stereocenters. The molecule has 0 N–H and O–H groups in total. The molecule has 2 aromatic rings. The van der Waals surface area contributed by atoms with E-state index in [2.05, 4.69) is 0 Å². The molecule has 1 aromatic heterocycles. The maximum Gasteiger partial charge on any atom is 0.521 e. The molecule has 1 heterocycles. The normalized spacial score (nSPS) is 10.5. The molecule has 0 spiro atoms. The number of carbonyl (C=O) groups is 1. The van der Waals surface area contributed by atoms with Crippen molar-refractivity contribution in [1.29, 1.82) is 0 Å². The van der Waals surface area contributed by atoms with Crippen molar-refractivity contribution in [2.24, 2.45) is 0 Å². The van der Waals surface area contributed by atoms with Crippen LogP contribution in [0.1, 0.15) is 17.7 Å². The Balaban J connectivity index is 2.81. The molecule has 0 fully saturated rings. The number of hydrogen-bond donors (Lipinski definition) is 0. The van der Waals surface area contributed by atoms with Crippen molar-refractivity contribution in [3.8, 4) is 23.2 Å². The van der Waals surface area contributed by atoms with Crippen LogP contribution in [0.3, 0.4) is 0 Å². The molecule has 0 aliphatic heterocycles. The van der Waals surface area contributed by atoms with Crippen LogP contribution in [0.5, 0.6) is 23.2 Å². The average Bonchev–Trinajstić information content (AvgIpc) is 2.64. The Hall–Kier alpha value is -2.70. The van der Waals surface area contributed by atoms with E-state index in [1.54, 1.807) is 21.3 Å². The summed E-state index contributed by atoms with van der Waals surface area (Å²) in [7, 11) is 7.52. The van der Waals surface area contributed by atoms with Crippen LogP contribution in [-0.4, -0.2) is 41.5 Å². The van der Waals surface area contributed by atoms with E-state index in [-0.39, 0.29) is 12.4 Å². The van der Waals surface area contributed by atoms with Crippen LogP contribution in [0.15, 0.2) is 10.5 Å². The molecule has 0 bridgehead atoms. The molecule has 136 valence electrons. The Labute approximate surface area is 146 Å². The number of fused-ring (bicyclic) bond motifs is 1. The molecule has 0 unspecified atom stereocenters. The maximum absolute atomic E-state index is 11.6. The molecule has 0 saturated carbocycles. The first-order chi connectivity index (χ1) is 12.0. The molecule has 2 rings (SSSR count). The minimum Gasteiger partial charge on any atom is -0.493 e. The fourth-order valence-electron chi connectivity index (χ4n) is 2.84. The minimum absolute atomic E-state index is 0.192. The molecular formula is C18H23O7+. The zero-order chi connectivity index (χ0) is 18.6. The topological polar surface area (TPSA) is 74.5 Å². The van der Waals surface area contributed by atoms with Crippen molar-refractivity contribution in [3.05, 3.63) is 17.4 Å². The lowest BCUT2D eigenvalue weighted by Crippen LogP contribution is -2.05. The smallest absolute Gasteiger partial charge is 0.493 e. The SMILES string of the molecule is COC(=O)CCc1c(OC)[o+]c(C)c2c(OC)c(OC)c(OC)cc12. The molecule has 0 saturated heterocycles. The molecule has 7 heteroatoms. The highest BCUT2D eigenvalue weighted by atomic mass is 16.6. The van der Waals surface area contributed by atoms with Crippen LogP contribution in [0.4, 0.5) is 0 Å². The largest absolute Gasteiger partial charge is 0.521 e. The van der Waals surface area contributed by atoms with Gasteiger partial charge in [0, 0.05) is 12.3 Å². The number of benzene rings is 1. The predicted octanol–water partition coefficient (Wildman–Crippen LogP) is 3.16. The number of aryl methyl sites for hydroxylation is 2. The second kappa shape index (κ2) is 7.92. The number of ether oxygens (including phenoxy) is 5. The Bertz CT molecular complexity index is 783. The fourth-order valence-corrected chi connectivity index (χ4v) is 2.84. The van der Waals surface area contributed by atoms with E-state index in [9.17, 15) is 4.79 Å². The van der Waals surface area contributed by atoms with Crippen LogP contribution in [0.25, 0.3) is 10.8 Å². The van der Waals surface area contributed by atoms with Gasteiger partial charge in [-0.25, -0.2) is 0 Å². The lowest BCUT2D eigenvalue weighted by Gasteiger charge is -2.16. The summed E-state index contributed by atoms with van der Waals surface area (Å²) < 4.78 is 32.3. The van der Waals surface area contributed by atoms with Gasteiger partial charge in [-0.3, -0.25) is 9.21 Å². The minimum atomic E-state index is -0.316. The van der Waals surface area contributed by atoms with Crippen LogP contribution >= 0.6 is 0 Å². The standard InChI is InChI=1S/C18H23O7/c1-10-15-12(9-13(20-2)16(22-4)17(15)23-5)11(18(24-6)25-10)7-8-14(19)21-3/h9H,7-8H2,1-6H3/q+1. The van der Waals surface area contributed by atoms with Crippen molar-refractivity contribution in [3.63, 3.8) is 0 Å². The second-order valence-electron chi connectivity index (χ2n) is 5.27. The third-order valence-corrected chi connectivity index (χ3v) is 3.99. The molecular weight excluding hydrogens is 328 g/mol. The van der Waals surface area contributed by atoms with Gasteiger partial charge in [-0.15, -0.1) is 0 Å². The van der Waals surface area contributed by atoms with Crippen LogP contribution < -0.4 is 18.9 Å². The van der Waals surface area contributed by atoms with Crippen molar-refractivity contribution in [1.82, 2.24) is 0 Å². The van der Waals surface area contributed by atoms with Gasteiger partial charge in [0.25, 0.3) is 0 Å². The Morgan fingerprint density at radius 3 is 2.20 bits per heavy atom. The quantitative estimate of drug-likeness (QED) is 0.560. The first-order valence-corrected chi connectivity index (χ1v) is 7.71. The maximum atomic E-state index is 11.6. The van der Waals surface area contributed by atoms with E-state index in [1.807, 2.05) is 13.0 Å². The summed E-state index contributed by atoms with van der Waals surface area (Å²) in [5, 5.41) is 1.54. The van der Waals surface area contributed by atoms with Crippen molar-refractivity contribution in [2.45, 2.75) is 19.8 Å². The van der Waals surface area contributed by atoms with Gasteiger partial charge in [0.15, 0.2) is 18.6 Å². The van der Waals surface area contributed by atoms with Crippen molar-refractivity contribution in [2.75, 3.05) is 35.5 Å². The van der Waals surface area contributed by atoms with Crippen LogP contribution in [0.2, 0.25) is 0 Å². The number of methoxy groups -OCH3 is 5. The third-order valence-electron chi connectivity index (χ3n) is 3.99. The summed E-state index contributed by atoms with van der Waals surface area (Å²) in [6, 6.07) is 1.83. The van der Waals surface area contributed by atoms with Gasteiger partial charge in [0.05, 0.1) is 40.2 Å². The van der Waals surface area contributed by atoms with Gasteiger partial charge < -0.3 is 23.7 Å². The summed E-state index contributed by atoms with van der Waals surface area (Å²) in [6.07, 6.45) is 0.575. The average molecular weight is 351 g/mol. The van der Waals surface area contributed by atoms with Crippen molar-refractivity contribution >= 4 is 16.7 Å². The first-order valence-electron chi connectivity index (χ1n) is 7.71. The number of hydrogen-bond acceptors (Lipinski definition) is 6. The Kier molecular flexibility index (Phi) is 5.90. The monoisotopic (exact) mass is 351 g/mol. The van der Waals surface area contributed by atoms with Gasteiger partial charge in [0.2, 0.25) is 11.5 Å². The summed E-state index contributed by atoms with van der Waals surface area (Å²) in [6.45, 7) is 1.81. The van der Waals surface area contributed by atoms with Gasteiger partial charge in [-0.05, 0) is 12.5 Å². The van der Waals surface area contributed by atoms with Crippen LogP contribution in [0, 0.1) is 6.92 Å². The molecule has 1 aromatic carbocycles. The van der Waals surface area contributed by atoms with E-state index in [4.69, 9.17) is 28.1 Å². The van der Waals surface area contributed by atoms with E-state index < -0.39 is 0 Å². The Morgan fingerprint density at radius 2 is 1.68 bits per heavy atom. The van der Waals surface area contributed by atoms with Gasteiger partial charge in [-0.1, -0.05) is 0 Å². The summed E-state index contributed by atoms with van der Waals surface area (Å²) in [5.41, 5.74) is 0.729. The van der Waals surface area contributed by atoms with E-state index in [0.717, 1.165) is 16.3 Å². The summed E-state index contributed by atoms with van der Waals surface area (Å²) in [5.74, 6) is 2.11. The van der Waals surface area contributed by atoms with Crippen LogP contribution in [-0.2, 0) is 16.0 Å². The molecule has 0 aliphatic carbocycles.